The third kappa shape index (κ3) is 3.58. The zero-order chi connectivity index (χ0) is 13.2. The van der Waals surface area contributed by atoms with Crippen molar-refractivity contribution in [3.63, 3.8) is 0 Å². The summed E-state index contributed by atoms with van der Waals surface area (Å²) in [4.78, 5) is 0. The lowest BCUT2D eigenvalue weighted by Gasteiger charge is -2.34. The molecule has 2 aliphatic carbocycles. The smallest absolute Gasteiger partial charge is 0.0653 e. The van der Waals surface area contributed by atoms with Crippen molar-refractivity contribution in [3.05, 3.63) is 34.9 Å². The Morgan fingerprint density at radius 3 is 2.78 bits per heavy atom. The van der Waals surface area contributed by atoms with Gasteiger partial charge in [0.2, 0.25) is 0 Å². The average molecular weight is 246 g/mol. The number of aliphatic hydroxyl groups is 1. The molecule has 0 fully saturated rings. The number of allylic oxidation sites excluding steroid dienone is 6. The Labute approximate surface area is 111 Å². The van der Waals surface area contributed by atoms with Gasteiger partial charge in [-0.3, -0.25) is 0 Å². The summed E-state index contributed by atoms with van der Waals surface area (Å²) in [7, 11) is 0. The topological polar surface area (TPSA) is 20.2 Å². The quantitative estimate of drug-likeness (QED) is 0.706. The van der Waals surface area contributed by atoms with Crippen molar-refractivity contribution in [1.29, 1.82) is 0 Å². The third-order valence-electron chi connectivity index (χ3n) is 4.53. The van der Waals surface area contributed by atoms with Crippen LogP contribution in [0, 0.1) is 5.92 Å². The minimum Gasteiger partial charge on any atom is -0.390 e. The highest BCUT2D eigenvalue weighted by atomic mass is 16.3. The fourth-order valence-corrected chi connectivity index (χ4v) is 2.82. The van der Waals surface area contributed by atoms with Gasteiger partial charge < -0.3 is 5.11 Å². The third-order valence-corrected chi connectivity index (χ3v) is 4.53. The first-order chi connectivity index (χ1) is 8.49. The predicted octanol–water partition coefficient (Wildman–Crippen LogP) is 4.54. The first-order valence-corrected chi connectivity index (χ1v) is 7.23. The second-order valence-corrected chi connectivity index (χ2v) is 6.24. The van der Waals surface area contributed by atoms with E-state index in [9.17, 15) is 5.11 Å². The highest BCUT2D eigenvalue weighted by Gasteiger charge is 2.31. The van der Waals surface area contributed by atoms with Gasteiger partial charge >= 0.3 is 0 Å². The molecule has 1 nitrogen and oxygen atoms in total. The largest absolute Gasteiger partial charge is 0.390 e. The first-order valence-electron chi connectivity index (χ1n) is 7.23. The molecule has 2 unspecified atom stereocenters. The normalized spacial score (nSPS) is 27.3. The Morgan fingerprint density at radius 2 is 2.22 bits per heavy atom. The molecule has 0 aliphatic heterocycles. The van der Waals surface area contributed by atoms with Crippen LogP contribution in [0.5, 0.6) is 0 Å². The summed E-state index contributed by atoms with van der Waals surface area (Å²) in [5.41, 5.74) is 3.88. The highest BCUT2D eigenvalue weighted by Crippen LogP contribution is 2.35. The molecular formula is C17H26O. The van der Waals surface area contributed by atoms with Crippen molar-refractivity contribution in [2.24, 2.45) is 5.92 Å². The fourth-order valence-electron chi connectivity index (χ4n) is 2.82. The highest BCUT2D eigenvalue weighted by molar-refractivity contribution is 5.41. The molecule has 100 valence electrons. The van der Waals surface area contributed by atoms with E-state index in [4.69, 9.17) is 0 Å². The fraction of sp³-hybridized carbons (Fsp3) is 0.647. The summed E-state index contributed by atoms with van der Waals surface area (Å²) in [6.07, 6.45) is 13.3. The second-order valence-electron chi connectivity index (χ2n) is 6.24. The molecular weight excluding hydrogens is 220 g/mol. The van der Waals surface area contributed by atoms with Crippen LogP contribution in [0.1, 0.15) is 59.3 Å². The van der Waals surface area contributed by atoms with Gasteiger partial charge in [0.1, 0.15) is 0 Å². The molecule has 0 aromatic heterocycles. The maximum absolute atomic E-state index is 10.6. The first kappa shape index (κ1) is 13.6. The van der Waals surface area contributed by atoms with Crippen LogP contribution in [-0.4, -0.2) is 10.7 Å². The van der Waals surface area contributed by atoms with Crippen molar-refractivity contribution < 1.29 is 5.11 Å². The predicted molar refractivity (Wildman–Crippen MR) is 77.4 cm³/mol. The molecule has 0 bridgehead atoms. The molecule has 0 aromatic carbocycles. The molecule has 2 aliphatic rings. The maximum Gasteiger partial charge on any atom is 0.0653 e. The van der Waals surface area contributed by atoms with Gasteiger partial charge in [-0.2, -0.15) is 0 Å². The van der Waals surface area contributed by atoms with E-state index in [1.165, 1.54) is 23.1 Å². The van der Waals surface area contributed by atoms with Crippen molar-refractivity contribution in [1.82, 2.24) is 0 Å². The lowest BCUT2D eigenvalue weighted by Crippen LogP contribution is -2.35. The van der Waals surface area contributed by atoms with Crippen LogP contribution in [0.15, 0.2) is 34.9 Å². The summed E-state index contributed by atoms with van der Waals surface area (Å²) >= 11 is 0. The molecule has 18 heavy (non-hydrogen) atoms. The van der Waals surface area contributed by atoms with Gasteiger partial charge in [0.05, 0.1) is 5.60 Å². The maximum atomic E-state index is 10.6. The van der Waals surface area contributed by atoms with Gasteiger partial charge in [0, 0.05) is 0 Å². The van der Waals surface area contributed by atoms with E-state index in [2.05, 4.69) is 32.1 Å². The van der Waals surface area contributed by atoms with Crippen molar-refractivity contribution in [2.75, 3.05) is 0 Å². The standard InChI is InChI=1S/C17H26O/c1-13-6-10-16(11-7-13)17(3,18)12-4-5-14(2)15-8-9-15/h5-6,8,16,18H,4,7,9-12H2,1-3H3/b14-5-. The number of hydrogen-bond donors (Lipinski definition) is 1. The SMILES string of the molecule is CC1=CCC(C(C)(O)CC/C=C(/C)C2=CC2)CC1. The minimum absolute atomic E-state index is 0.440. The Kier molecular flexibility index (Phi) is 4.11. The van der Waals surface area contributed by atoms with E-state index in [0.29, 0.717) is 5.92 Å². The zero-order valence-corrected chi connectivity index (χ0v) is 12.0. The summed E-state index contributed by atoms with van der Waals surface area (Å²) < 4.78 is 0. The van der Waals surface area contributed by atoms with E-state index in [-0.39, 0.29) is 0 Å². The van der Waals surface area contributed by atoms with Crippen LogP contribution < -0.4 is 0 Å². The molecule has 0 saturated heterocycles. The van der Waals surface area contributed by atoms with Gasteiger partial charge in [-0.25, -0.2) is 0 Å². The molecule has 1 N–H and O–H groups in total. The minimum atomic E-state index is -0.508. The van der Waals surface area contributed by atoms with Crippen molar-refractivity contribution >= 4 is 0 Å². The number of hydrogen-bond acceptors (Lipinski definition) is 1. The number of rotatable bonds is 5. The summed E-state index contributed by atoms with van der Waals surface area (Å²) in [6.45, 7) is 6.40. The van der Waals surface area contributed by atoms with Gasteiger partial charge in [-0.15, -0.1) is 0 Å². The summed E-state index contributed by atoms with van der Waals surface area (Å²) in [5.74, 6) is 0.440. The van der Waals surface area contributed by atoms with Crippen LogP contribution in [0.3, 0.4) is 0 Å². The van der Waals surface area contributed by atoms with Crippen LogP contribution >= 0.6 is 0 Å². The second kappa shape index (κ2) is 5.44. The summed E-state index contributed by atoms with van der Waals surface area (Å²) in [6, 6.07) is 0. The van der Waals surface area contributed by atoms with E-state index in [1.807, 2.05) is 6.92 Å². The van der Waals surface area contributed by atoms with Gasteiger partial charge in [-0.1, -0.05) is 29.4 Å². The lowest BCUT2D eigenvalue weighted by atomic mass is 9.76. The van der Waals surface area contributed by atoms with Crippen LogP contribution in [0.4, 0.5) is 0 Å². The van der Waals surface area contributed by atoms with Gasteiger partial charge in [0.15, 0.2) is 0 Å². The Balaban J connectivity index is 1.83. The Morgan fingerprint density at radius 1 is 1.50 bits per heavy atom. The molecule has 0 heterocycles. The molecule has 2 rings (SSSR count). The van der Waals surface area contributed by atoms with E-state index >= 15 is 0 Å². The Bertz CT molecular complexity index is 396. The zero-order valence-electron chi connectivity index (χ0n) is 12.0. The molecule has 2 atom stereocenters. The molecule has 0 radical (unpaired) electrons. The molecule has 0 saturated carbocycles. The van der Waals surface area contributed by atoms with E-state index in [0.717, 1.165) is 32.1 Å². The van der Waals surface area contributed by atoms with Gasteiger partial charge in [0.25, 0.3) is 0 Å². The van der Waals surface area contributed by atoms with Crippen molar-refractivity contribution in [3.8, 4) is 0 Å². The molecule has 0 spiro atoms. The lowest BCUT2D eigenvalue weighted by molar-refractivity contribution is -0.0121. The van der Waals surface area contributed by atoms with Crippen molar-refractivity contribution in [2.45, 2.75) is 64.9 Å². The van der Waals surface area contributed by atoms with Crippen LogP contribution in [0.25, 0.3) is 0 Å². The van der Waals surface area contributed by atoms with E-state index in [1.54, 1.807) is 0 Å². The molecule has 0 amide bonds. The molecule has 0 aromatic rings. The van der Waals surface area contributed by atoms with Crippen LogP contribution in [0.2, 0.25) is 0 Å². The monoisotopic (exact) mass is 246 g/mol. The average Bonchev–Trinajstić information content (AvgIpc) is 3.13. The van der Waals surface area contributed by atoms with E-state index < -0.39 is 5.60 Å². The summed E-state index contributed by atoms with van der Waals surface area (Å²) in [5, 5.41) is 10.6. The molecule has 1 heteroatoms. The van der Waals surface area contributed by atoms with Crippen LogP contribution in [-0.2, 0) is 0 Å². The Hall–Kier alpha value is -0.820. The van der Waals surface area contributed by atoms with Gasteiger partial charge in [-0.05, 0) is 70.8 Å².